The summed E-state index contributed by atoms with van der Waals surface area (Å²) in [5.41, 5.74) is 3.97. The Bertz CT molecular complexity index is 3590. The van der Waals surface area contributed by atoms with Gasteiger partial charge >= 0.3 is 23.9 Å². The lowest BCUT2D eigenvalue weighted by molar-refractivity contribution is -0.161. The number of rotatable bonds is 15. The van der Waals surface area contributed by atoms with Gasteiger partial charge in [0, 0.05) is 59.7 Å². The van der Waals surface area contributed by atoms with E-state index in [-0.39, 0.29) is 101 Å². The number of tetrazole rings is 1. The van der Waals surface area contributed by atoms with E-state index in [2.05, 4.69) is 102 Å². The number of cyclic esters (lactones) is 3. The fourth-order valence-electron chi connectivity index (χ4n) is 16.0. The number of ether oxygens (including phenoxy) is 4. The number of hydrogen-bond acceptors (Lipinski definition) is 17. The number of esters is 4. The van der Waals surface area contributed by atoms with Crippen LogP contribution >= 0.6 is 15.9 Å². The Kier molecular flexibility index (Phi) is 20.8. The van der Waals surface area contributed by atoms with E-state index in [1.54, 1.807) is 24.8 Å². The second-order valence-electron chi connectivity index (χ2n) is 25.8. The average Bonchev–Trinajstić information content (AvgIpc) is 1.71. The zero-order valence-corrected chi connectivity index (χ0v) is 54.6. The molecule has 6 aromatic rings. The Morgan fingerprint density at radius 1 is 0.736 bits per heavy atom. The summed E-state index contributed by atoms with van der Waals surface area (Å²) in [6.45, 7) is 18.0. The molecule has 6 fully saturated rings. The topological polar surface area (TPSA) is 257 Å². The highest BCUT2D eigenvalue weighted by Gasteiger charge is 2.63. The maximum Gasteiger partial charge on any atom is 0.338 e. The number of H-pyrrole nitrogens is 1. The molecule has 91 heavy (non-hydrogen) atoms. The number of aromatic nitrogens is 9. The van der Waals surface area contributed by atoms with Gasteiger partial charge in [-0.25, -0.2) is 19.0 Å². The summed E-state index contributed by atoms with van der Waals surface area (Å²) in [6.07, 6.45) is 25.0. The van der Waals surface area contributed by atoms with Crippen LogP contribution in [0.25, 0.3) is 46.4 Å². The van der Waals surface area contributed by atoms with Gasteiger partial charge in [0.2, 0.25) is 5.82 Å². The number of benzene rings is 1. The van der Waals surface area contributed by atoms with Gasteiger partial charge in [-0.3, -0.25) is 24.5 Å². The number of halogens is 2. The Labute approximate surface area is 539 Å². The number of aliphatic hydroxyl groups is 2. The summed E-state index contributed by atoms with van der Waals surface area (Å²) in [7, 11) is 0. The van der Waals surface area contributed by atoms with Crippen LogP contribution in [0.2, 0.25) is 0 Å². The minimum absolute atomic E-state index is 0.0406. The van der Waals surface area contributed by atoms with E-state index in [0.717, 1.165) is 69.7 Å². The molecule has 3 saturated heterocycles. The number of nitrogens with one attached hydrogen (secondary N) is 1. The number of aromatic amines is 1. The lowest BCUT2D eigenvalue weighted by Gasteiger charge is -2.45. The highest BCUT2D eigenvalue weighted by atomic mass is 79.9. The van der Waals surface area contributed by atoms with Crippen LogP contribution < -0.4 is 0 Å². The minimum Gasteiger partial charge on any atom is -0.466 e. The third-order valence-electron chi connectivity index (χ3n) is 20.1. The summed E-state index contributed by atoms with van der Waals surface area (Å²) in [5, 5.41) is 36.9. The summed E-state index contributed by atoms with van der Waals surface area (Å²) in [5.74, 6) is -0.0272. The molecule has 5 aromatic heterocycles. The Hall–Kier alpha value is -7.62. The molecule has 482 valence electrons. The number of allylic oxidation sites excluding steroid dienone is 3. The summed E-state index contributed by atoms with van der Waals surface area (Å²) in [6, 6.07) is 18.0. The van der Waals surface area contributed by atoms with Gasteiger partial charge in [-0.2, -0.15) is 5.21 Å². The molecule has 3 aliphatic carbocycles. The van der Waals surface area contributed by atoms with Gasteiger partial charge in [0.05, 0.1) is 53.5 Å². The first kappa shape index (κ1) is 66.3. The molecule has 18 atom stereocenters. The van der Waals surface area contributed by atoms with Crippen molar-refractivity contribution in [3.8, 4) is 28.2 Å². The van der Waals surface area contributed by atoms with Crippen molar-refractivity contribution >= 4 is 58.0 Å². The largest absolute Gasteiger partial charge is 0.466 e. The number of imidazole rings is 1. The van der Waals surface area contributed by atoms with E-state index in [4.69, 9.17) is 18.9 Å². The molecule has 0 amide bonds. The lowest BCUT2D eigenvalue weighted by atomic mass is 9.59. The zero-order chi connectivity index (χ0) is 64.9. The van der Waals surface area contributed by atoms with Crippen molar-refractivity contribution in [3.05, 3.63) is 139 Å². The van der Waals surface area contributed by atoms with Crippen molar-refractivity contribution in [2.75, 3.05) is 11.9 Å². The smallest absolute Gasteiger partial charge is 0.338 e. The van der Waals surface area contributed by atoms with Crippen molar-refractivity contribution in [2.24, 2.45) is 76.9 Å². The molecule has 3 aliphatic heterocycles. The van der Waals surface area contributed by atoms with E-state index in [9.17, 15) is 33.8 Å². The molecule has 21 heteroatoms. The van der Waals surface area contributed by atoms with Crippen LogP contribution in [0.3, 0.4) is 0 Å². The van der Waals surface area contributed by atoms with E-state index in [1.807, 2.05) is 105 Å². The zero-order valence-electron chi connectivity index (χ0n) is 53.0. The van der Waals surface area contributed by atoms with Crippen molar-refractivity contribution in [1.82, 2.24) is 45.1 Å². The van der Waals surface area contributed by atoms with Crippen LogP contribution in [0.4, 0.5) is 4.39 Å². The van der Waals surface area contributed by atoms with Gasteiger partial charge in [-0.1, -0.05) is 92.9 Å². The second kappa shape index (κ2) is 28.5. The molecule has 1 aromatic carbocycles. The molecule has 12 rings (SSSR count). The number of fused-ring (bicyclic) bond motifs is 3. The lowest BCUT2D eigenvalue weighted by Crippen LogP contribution is -2.53. The number of pyridine rings is 3. The predicted octanol–water partition coefficient (Wildman–Crippen LogP) is 11.5. The molecule has 6 aliphatic rings. The number of nitrogens with zero attached hydrogens (tertiary/aromatic N) is 8. The first-order valence-corrected chi connectivity index (χ1v) is 33.0. The highest BCUT2D eigenvalue weighted by Crippen LogP contribution is 2.55. The maximum atomic E-state index is 13.6. The molecule has 8 heterocycles. The van der Waals surface area contributed by atoms with Crippen molar-refractivity contribution in [1.29, 1.82) is 0 Å². The number of alkyl halides is 1. The van der Waals surface area contributed by atoms with Crippen molar-refractivity contribution in [2.45, 2.75) is 130 Å². The third-order valence-corrected chi connectivity index (χ3v) is 20.6. The van der Waals surface area contributed by atoms with Crippen LogP contribution in [0.15, 0.2) is 110 Å². The number of hydrogen-bond donors (Lipinski definition) is 3. The monoisotopic (exact) mass is 1310 g/mol. The van der Waals surface area contributed by atoms with E-state index >= 15 is 0 Å². The molecule has 0 bridgehead atoms. The summed E-state index contributed by atoms with van der Waals surface area (Å²) < 4.78 is 37.4. The molecule has 19 nitrogen and oxygen atoms in total. The van der Waals surface area contributed by atoms with Crippen LogP contribution in [0, 0.1) is 89.7 Å². The first-order chi connectivity index (χ1) is 43.6. The van der Waals surface area contributed by atoms with Crippen LogP contribution in [-0.4, -0.2) is 121 Å². The Morgan fingerprint density at radius 2 is 1.31 bits per heavy atom. The van der Waals surface area contributed by atoms with E-state index < -0.39 is 23.1 Å². The van der Waals surface area contributed by atoms with Gasteiger partial charge in [0.25, 0.3) is 0 Å². The van der Waals surface area contributed by atoms with Gasteiger partial charge in [0.1, 0.15) is 24.1 Å². The molecular formula is C70H83BrFN9O10. The molecular weight excluding hydrogens is 1230 g/mol. The fraction of sp³-hybridized carbons (Fsp3) is 0.500. The predicted molar refractivity (Wildman–Crippen MR) is 343 cm³/mol. The molecule has 3 saturated carbocycles. The van der Waals surface area contributed by atoms with Crippen LogP contribution in [-0.2, 0) is 38.1 Å². The summed E-state index contributed by atoms with van der Waals surface area (Å²) in [4.78, 5) is 66.5. The van der Waals surface area contributed by atoms with E-state index in [1.165, 1.54) is 19.1 Å². The Morgan fingerprint density at radius 3 is 1.79 bits per heavy atom. The highest BCUT2D eigenvalue weighted by molar-refractivity contribution is 9.09. The maximum absolute atomic E-state index is 13.6. The van der Waals surface area contributed by atoms with Crippen LogP contribution in [0.1, 0.15) is 117 Å². The molecule has 0 unspecified atom stereocenters. The normalized spacial score (nSPS) is 32.4. The van der Waals surface area contributed by atoms with Gasteiger partial charge in [-0.05, 0) is 178 Å². The second-order valence-corrected chi connectivity index (χ2v) is 26.5. The molecule has 0 spiro atoms. The average molecular weight is 1310 g/mol. The SMILES string of the molecule is CC(=O)OC[C@H]1C[C@H]2C(=O)O[C@H](C)[C@H]2[C@@H](/C=C/c2ccc(-c3cccc(F)c3)cn2)[C@@H]1CCBr.CC[C@H]1[C@H](/C=C/c2ccc(-c3nn[nH]n3)cn2)[C@@H]2[C@@H](C)OC(=O)[C@]2(O)C[C@@H]1C.CC[C@H]1[C@H](/C=C/c2ccc(-n3cnc(C)c3)cn2)[C@@H]2[C@@H](C)OC(=O)[C@]2(O)C[C@@H]1C. The van der Waals surface area contributed by atoms with E-state index in [0.29, 0.717) is 43.5 Å². The van der Waals surface area contributed by atoms with Crippen molar-refractivity contribution < 1.29 is 52.7 Å². The third kappa shape index (κ3) is 14.2. The molecule has 0 radical (unpaired) electrons. The van der Waals surface area contributed by atoms with Crippen molar-refractivity contribution in [3.63, 3.8) is 0 Å². The number of carbonyl (C=O) groups is 4. The van der Waals surface area contributed by atoms with Crippen LogP contribution in [0.5, 0.6) is 0 Å². The first-order valence-electron chi connectivity index (χ1n) is 31.8. The quantitative estimate of drug-likeness (QED) is 0.0490. The van der Waals surface area contributed by atoms with Gasteiger partial charge in [0.15, 0.2) is 11.2 Å². The number of carbonyl (C=O) groups excluding carboxylic acids is 4. The van der Waals surface area contributed by atoms with Gasteiger partial charge < -0.3 is 33.7 Å². The minimum atomic E-state index is -1.39. The van der Waals surface area contributed by atoms with Gasteiger partial charge in [-0.15, -0.1) is 10.2 Å². The standard InChI is InChI=1S/C27H29BrFNO4.C23H29N3O3.C20H25N5O3/c1-16-26-24(9-8-22-7-6-19(14-30-22)18-4-3-5-21(29)12-18)23(10-11-28)20(15-33-17(2)31)13-25(26)27(32)34-16;1-5-19-14(2)10-23(28)21(16(4)29-22(23)27)20(19)9-7-17-6-8-18(11-24-17)26-12-15(3)25-13-26;1-4-15-11(2)9-20(27)17(12(3)28-19(20)26)16(15)8-7-14-6-5-13(10-21-14)18-22-24-25-23-18/h3-9,12,14,16,20,23-26H,10-11,13,15H2,1-2H3;6-9,11-14,16,19-21,28H,5,10H2,1-4H3;5-8,10-12,15-17,27H,4,9H2,1-3H3,(H,22,23,24,25)/b9-8+;9-7+;8-7+/t16-,20-,23-,24+,25-,26+;14-,16+,19+,20-,21-,23-;11-,12+,15+,16-,17-,20-/m100/s1. The molecule has 3 N–H and O–H groups in total. The Balaban J connectivity index is 0.000000151. The fourth-order valence-corrected chi connectivity index (χ4v) is 16.5. The number of aryl methyl sites for hydroxylation is 1. The summed E-state index contributed by atoms with van der Waals surface area (Å²) >= 11 is 3.58.